The van der Waals surface area contributed by atoms with E-state index in [-0.39, 0.29) is 12.2 Å². The highest BCUT2D eigenvalue weighted by Gasteiger charge is 2.38. The lowest BCUT2D eigenvalue weighted by Crippen LogP contribution is -2.41. The number of esters is 1. The summed E-state index contributed by atoms with van der Waals surface area (Å²) in [7, 11) is 4.85. The van der Waals surface area contributed by atoms with Gasteiger partial charge in [0.15, 0.2) is 0 Å². The standard InChI is InChI=1S/C21H25NO6/c1-22-17-6-4-15(12-16(17)5-7-19(22)23)14-28-20(24)13-18(25-2)21(26-3)8-10-27-11-9-21/h4-7,12-13H,8-11,14H2,1-3H3/b18-13-. The van der Waals surface area contributed by atoms with Crippen molar-refractivity contribution in [3.05, 3.63) is 58.1 Å². The minimum atomic E-state index is -0.667. The number of nitrogens with zero attached hydrogens (tertiary/aromatic N) is 1. The predicted octanol–water partition coefficient (Wildman–Crippen LogP) is 2.31. The SMILES string of the molecule is CO/C(=C\C(=O)OCc1ccc2c(ccc(=O)n2C)c1)C1(OC)CCOCC1. The van der Waals surface area contributed by atoms with E-state index in [4.69, 9.17) is 18.9 Å². The number of rotatable bonds is 6. The van der Waals surface area contributed by atoms with Gasteiger partial charge in [-0.1, -0.05) is 6.07 Å². The smallest absolute Gasteiger partial charge is 0.334 e. The number of fused-ring (bicyclic) bond motifs is 1. The van der Waals surface area contributed by atoms with Crippen LogP contribution in [0.5, 0.6) is 0 Å². The summed E-state index contributed by atoms with van der Waals surface area (Å²) >= 11 is 0. The van der Waals surface area contributed by atoms with Gasteiger partial charge in [0, 0.05) is 46.3 Å². The lowest BCUT2D eigenvalue weighted by Gasteiger charge is -2.36. The van der Waals surface area contributed by atoms with E-state index in [1.807, 2.05) is 18.2 Å². The molecule has 0 saturated carbocycles. The van der Waals surface area contributed by atoms with Crippen LogP contribution in [0.4, 0.5) is 0 Å². The van der Waals surface area contributed by atoms with Crippen molar-refractivity contribution in [3.8, 4) is 0 Å². The van der Waals surface area contributed by atoms with E-state index in [1.165, 1.54) is 19.3 Å². The Hall–Kier alpha value is -2.64. The summed E-state index contributed by atoms with van der Waals surface area (Å²) in [6.07, 6.45) is 2.57. The first-order valence-corrected chi connectivity index (χ1v) is 9.13. The number of ether oxygens (including phenoxy) is 4. The van der Waals surface area contributed by atoms with Gasteiger partial charge in [-0.05, 0) is 29.1 Å². The van der Waals surface area contributed by atoms with Gasteiger partial charge in [0.1, 0.15) is 18.0 Å². The number of benzene rings is 1. The van der Waals surface area contributed by atoms with Crippen LogP contribution in [0.1, 0.15) is 18.4 Å². The average molecular weight is 387 g/mol. The molecule has 0 unspecified atom stereocenters. The summed E-state index contributed by atoms with van der Waals surface area (Å²) in [4.78, 5) is 24.0. The van der Waals surface area contributed by atoms with Crippen LogP contribution in [0.15, 0.2) is 47.0 Å². The molecule has 1 aromatic heterocycles. The molecule has 0 N–H and O–H groups in total. The molecular formula is C21H25NO6. The van der Waals surface area contributed by atoms with Crippen LogP contribution in [-0.2, 0) is 37.4 Å². The zero-order valence-electron chi connectivity index (χ0n) is 16.4. The molecule has 0 radical (unpaired) electrons. The first-order chi connectivity index (χ1) is 13.5. The number of aromatic nitrogens is 1. The summed E-state index contributed by atoms with van der Waals surface area (Å²) < 4.78 is 23.4. The van der Waals surface area contributed by atoms with Gasteiger partial charge < -0.3 is 23.5 Å². The van der Waals surface area contributed by atoms with Crippen molar-refractivity contribution in [3.63, 3.8) is 0 Å². The molecule has 0 spiro atoms. The van der Waals surface area contributed by atoms with Crippen molar-refractivity contribution in [2.24, 2.45) is 7.05 Å². The molecule has 28 heavy (non-hydrogen) atoms. The van der Waals surface area contributed by atoms with Crippen molar-refractivity contribution < 1.29 is 23.7 Å². The Balaban J connectivity index is 1.72. The van der Waals surface area contributed by atoms with E-state index in [0.29, 0.717) is 31.8 Å². The molecule has 1 aromatic carbocycles. The molecule has 0 amide bonds. The Labute approximate surface area is 163 Å². The van der Waals surface area contributed by atoms with Gasteiger partial charge in [-0.2, -0.15) is 0 Å². The Bertz CT molecular complexity index is 940. The lowest BCUT2D eigenvalue weighted by molar-refractivity contribution is -0.140. The fourth-order valence-electron chi connectivity index (χ4n) is 3.46. The summed E-state index contributed by atoms with van der Waals surface area (Å²) in [6, 6.07) is 8.87. The number of carbonyl (C=O) groups excluding carboxylic acids is 1. The van der Waals surface area contributed by atoms with Gasteiger partial charge in [-0.3, -0.25) is 4.79 Å². The number of aryl methyl sites for hydroxylation is 1. The first kappa shape index (κ1) is 20.1. The molecule has 2 aromatic rings. The monoisotopic (exact) mass is 387 g/mol. The largest absolute Gasteiger partial charge is 0.498 e. The zero-order chi connectivity index (χ0) is 20.1. The Morgan fingerprint density at radius 2 is 1.96 bits per heavy atom. The van der Waals surface area contributed by atoms with Crippen LogP contribution in [0.3, 0.4) is 0 Å². The Morgan fingerprint density at radius 3 is 2.64 bits per heavy atom. The van der Waals surface area contributed by atoms with Crippen molar-refractivity contribution in [1.82, 2.24) is 4.57 Å². The third-order valence-corrected chi connectivity index (χ3v) is 5.18. The van der Waals surface area contributed by atoms with E-state index in [0.717, 1.165) is 16.5 Å². The summed E-state index contributed by atoms with van der Waals surface area (Å²) in [6.45, 7) is 1.21. The van der Waals surface area contributed by atoms with E-state index >= 15 is 0 Å². The van der Waals surface area contributed by atoms with E-state index in [1.54, 1.807) is 24.8 Å². The molecular weight excluding hydrogens is 362 g/mol. The average Bonchev–Trinajstić information content (AvgIpc) is 2.73. The maximum Gasteiger partial charge on any atom is 0.334 e. The summed E-state index contributed by atoms with van der Waals surface area (Å²) in [5.74, 6) is -0.0582. The number of pyridine rings is 1. The molecule has 0 bridgehead atoms. The fraction of sp³-hybridized carbons (Fsp3) is 0.429. The second-order valence-corrected chi connectivity index (χ2v) is 6.75. The summed E-state index contributed by atoms with van der Waals surface area (Å²) in [5, 5.41) is 0.907. The van der Waals surface area contributed by atoms with Crippen molar-refractivity contribution in [2.45, 2.75) is 25.0 Å². The maximum atomic E-state index is 12.3. The number of carbonyl (C=O) groups is 1. The topological polar surface area (TPSA) is 76.0 Å². The molecule has 7 nitrogen and oxygen atoms in total. The highest BCUT2D eigenvalue weighted by molar-refractivity contribution is 5.83. The zero-order valence-corrected chi connectivity index (χ0v) is 16.4. The molecule has 0 aliphatic carbocycles. The van der Waals surface area contributed by atoms with Crippen molar-refractivity contribution >= 4 is 16.9 Å². The minimum Gasteiger partial charge on any atom is -0.498 e. The molecule has 7 heteroatoms. The highest BCUT2D eigenvalue weighted by Crippen LogP contribution is 2.32. The molecule has 150 valence electrons. The van der Waals surface area contributed by atoms with Crippen LogP contribution in [0.25, 0.3) is 10.9 Å². The third kappa shape index (κ3) is 4.10. The van der Waals surface area contributed by atoms with Crippen LogP contribution >= 0.6 is 0 Å². The fourth-order valence-corrected chi connectivity index (χ4v) is 3.46. The van der Waals surface area contributed by atoms with Gasteiger partial charge in [-0.25, -0.2) is 4.79 Å². The molecule has 1 fully saturated rings. The number of methoxy groups -OCH3 is 2. The minimum absolute atomic E-state index is 0.0657. The van der Waals surface area contributed by atoms with E-state index < -0.39 is 11.6 Å². The highest BCUT2D eigenvalue weighted by atomic mass is 16.6. The number of hydrogen-bond donors (Lipinski definition) is 0. The Kier molecular flexibility index (Phi) is 6.16. The first-order valence-electron chi connectivity index (χ1n) is 9.13. The quantitative estimate of drug-likeness (QED) is 0.430. The van der Waals surface area contributed by atoms with Crippen LogP contribution in [-0.4, -0.2) is 43.6 Å². The van der Waals surface area contributed by atoms with Crippen LogP contribution in [0, 0.1) is 0 Å². The van der Waals surface area contributed by atoms with Gasteiger partial charge in [0.25, 0.3) is 5.56 Å². The maximum absolute atomic E-state index is 12.3. The van der Waals surface area contributed by atoms with Crippen molar-refractivity contribution in [2.75, 3.05) is 27.4 Å². The van der Waals surface area contributed by atoms with Crippen LogP contribution < -0.4 is 5.56 Å². The second kappa shape index (κ2) is 8.58. The molecule has 2 heterocycles. The number of hydrogen-bond acceptors (Lipinski definition) is 6. The second-order valence-electron chi connectivity index (χ2n) is 6.75. The van der Waals surface area contributed by atoms with Gasteiger partial charge >= 0.3 is 5.97 Å². The van der Waals surface area contributed by atoms with E-state index in [2.05, 4.69) is 0 Å². The molecule has 0 atom stereocenters. The lowest BCUT2D eigenvalue weighted by atomic mass is 9.91. The van der Waals surface area contributed by atoms with Crippen LogP contribution in [0.2, 0.25) is 0 Å². The predicted molar refractivity (Wildman–Crippen MR) is 104 cm³/mol. The normalized spacial score (nSPS) is 16.8. The third-order valence-electron chi connectivity index (χ3n) is 5.18. The van der Waals surface area contributed by atoms with Gasteiger partial charge in [-0.15, -0.1) is 0 Å². The molecule has 3 rings (SSSR count). The summed E-state index contributed by atoms with van der Waals surface area (Å²) in [5.41, 5.74) is 0.925. The van der Waals surface area contributed by atoms with Gasteiger partial charge in [0.05, 0.1) is 18.7 Å². The van der Waals surface area contributed by atoms with Crippen molar-refractivity contribution in [1.29, 1.82) is 0 Å². The molecule has 1 aliphatic heterocycles. The van der Waals surface area contributed by atoms with E-state index in [9.17, 15) is 9.59 Å². The molecule has 1 aliphatic rings. The molecule has 1 saturated heterocycles. The van der Waals surface area contributed by atoms with Gasteiger partial charge in [0.2, 0.25) is 0 Å². The Morgan fingerprint density at radius 1 is 1.21 bits per heavy atom.